The van der Waals surface area contributed by atoms with Gasteiger partial charge in [0.2, 0.25) is 5.91 Å². The number of amides is 1. The van der Waals surface area contributed by atoms with Gasteiger partial charge in [0, 0.05) is 31.1 Å². The number of hydrogen-bond donors (Lipinski definition) is 2. The van der Waals surface area contributed by atoms with E-state index in [1.165, 1.54) is 11.3 Å². The fraction of sp³-hybridized carbons (Fsp3) is 0.500. The Morgan fingerprint density at radius 1 is 1.33 bits per heavy atom. The highest BCUT2D eigenvalue weighted by Crippen LogP contribution is 2.42. The second-order valence-corrected chi connectivity index (χ2v) is 9.94. The van der Waals surface area contributed by atoms with Gasteiger partial charge >= 0.3 is 0 Å². The average molecular weight is 427 g/mol. The van der Waals surface area contributed by atoms with Crippen LogP contribution in [-0.4, -0.2) is 38.2 Å². The van der Waals surface area contributed by atoms with E-state index in [9.17, 15) is 9.90 Å². The summed E-state index contributed by atoms with van der Waals surface area (Å²) in [6.07, 6.45) is 6.41. The summed E-state index contributed by atoms with van der Waals surface area (Å²) in [5.74, 6) is 1.02. The normalized spacial score (nSPS) is 20.5. The Morgan fingerprint density at radius 2 is 2.13 bits per heavy atom. The van der Waals surface area contributed by atoms with Gasteiger partial charge in [-0.15, -0.1) is 11.3 Å². The zero-order valence-corrected chi connectivity index (χ0v) is 18.2. The first-order valence-electron chi connectivity index (χ1n) is 10.4. The number of carbonyl (C=O) groups is 1. The molecular weight excluding hydrogens is 400 g/mol. The van der Waals surface area contributed by atoms with Crippen molar-refractivity contribution < 1.29 is 14.6 Å². The van der Waals surface area contributed by atoms with Gasteiger partial charge in [-0.2, -0.15) is 0 Å². The van der Waals surface area contributed by atoms with Crippen molar-refractivity contribution in [2.45, 2.75) is 57.8 Å². The molecule has 158 valence electrons. The van der Waals surface area contributed by atoms with E-state index in [1.807, 2.05) is 19.3 Å². The number of fused-ring (bicyclic) bond motifs is 1. The highest BCUT2D eigenvalue weighted by atomic mass is 32.1. The van der Waals surface area contributed by atoms with Crippen molar-refractivity contribution in [3.8, 4) is 16.2 Å². The van der Waals surface area contributed by atoms with Gasteiger partial charge in [0.25, 0.3) is 0 Å². The van der Waals surface area contributed by atoms with Gasteiger partial charge in [-0.3, -0.25) is 4.79 Å². The molecular formula is C22H26N4O3S. The highest BCUT2D eigenvalue weighted by molar-refractivity contribution is 7.15. The predicted octanol–water partition coefficient (Wildman–Crippen LogP) is 3.63. The maximum atomic E-state index is 11.6. The Bertz CT molecular complexity index is 1110. The smallest absolute Gasteiger partial charge is 0.220 e. The molecule has 0 spiro atoms. The van der Waals surface area contributed by atoms with Crippen LogP contribution < -0.4 is 10.1 Å². The van der Waals surface area contributed by atoms with Crippen molar-refractivity contribution in [3.63, 3.8) is 0 Å². The zero-order chi connectivity index (χ0) is 21.0. The molecule has 5 rings (SSSR count). The van der Waals surface area contributed by atoms with Gasteiger partial charge in [0.15, 0.2) is 0 Å². The lowest BCUT2D eigenvalue weighted by Crippen LogP contribution is -2.25. The third kappa shape index (κ3) is 3.58. The van der Waals surface area contributed by atoms with E-state index < -0.39 is 5.60 Å². The van der Waals surface area contributed by atoms with Gasteiger partial charge in [-0.1, -0.05) is 0 Å². The monoisotopic (exact) mass is 426 g/mol. The molecule has 3 aromatic rings. The fourth-order valence-electron chi connectivity index (χ4n) is 3.94. The summed E-state index contributed by atoms with van der Waals surface area (Å²) < 4.78 is 8.67. The molecule has 1 aromatic carbocycles. The van der Waals surface area contributed by atoms with Crippen molar-refractivity contribution in [2.75, 3.05) is 6.54 Å². The number of hydrogen-bond acceptors (Lipinski definition) is 6. The third-order valence-electron chi connectivity index (χ3n) is 5.87. The Labute approximate surface area is 179 Å². The molecule has 1 amide bonds. The number of nitrogens with zero attached hydrogens (tertiary/aromatic N) is 3. The first-order valence-corrected chi connectivity index (χ1v) is 11.2. The number of aromatic nitrogens is 3. The number of carbonyl (C=O) groups excluding carboxylic acids is 1. The quantitative estimate of drug-likeness (QED) is 0.628. The van der Waals surface area contributed by atoms with Crippen LogP contribution in [0.2, 0.25) is 0 Å². The summed E-state index contributed by atoms with van der Waals surface area (Å²) in [5, 5.41) is 13.9. The molecule has 1 aliphatic heterocycles. The summed E-state index contributed by atoms with van der Waals surface area (Å²) in [6, 6.07) is 4.60. The van der Waals surface area contributed by atoms with Gasteiger partial charge in [0.05, 0.1) is 16.7 Å². The van der Waals surface area contributed by atoms with Crippen molar-refractivity contribution >= 4 is 28.3 Å². The molecule has 1 saturated carbocycles. The summed E-state index contributed by atoms with van der Waals surface area (Å²) >= 11 is 1.47. The van der Waals surface area contributed by atoms with Gasteiger partial charge in [-0.25, -0.2) is 9.97 Å². The molecule has 2 N–H and O–H groups in total. The molecule has 2 fully saturated rings. The van der Waals surface area contributed by atoms with Crippen LogP contribution in [0, 0.1) is 5.92 Å². The number of thiazole rings is 1. The maximum Gasteiger partial charge on any atom is 0.220 e. The van der Waals surface area contributed by atoms with Crippen molar-refractivity contribution in [3.05, 3.63) is 29.7 Å². The van der Waals surface area contributed by atoms with Crippen LogP contribution in [0.3, 0.4) is 0 Å². The largest absolute Gasteiger partial charge is 0.488 e. The Kier molecular flexibility index (Phi) is 4.59. The van der Waals surface area contributed by atoms with Crippen molar-refractivity contribution in [1.82, 2.24) is 19.9 Å². The van der Waals surface area contributed by atoms with Crippen LogP contribution >= 0.6 is 11.3 Å². The number of rotatable bonds is 6. The number of ether oxygens (including phenoxy) is 1. The lowest BCUT2D eigenvalue weighted by molar-refractivity contribution is -0.119. The standard InChI is InChI=1S/C22H26N4O3S/c1-12(14-8-19(27)23-9-14)29-17-7-13(18-10-24-21(30-18)22(2,3)28)6-16-20(17)26(11-25-16)15-4-5-15/h6-7,10-12,14-15,28H,4-5,8-9H2,1-3H3,(H,23,27)/t12-,14-/m1/s1. The molecule has 1 saturated heterocycles. The van der Waals surface area contributed by atoms with Crippen LogP contribution in [0.25, 0.3) is 21.5 Å². The molecule has 0 unspecified atom stereocenters. The van der Waals surface area contributed by atoms with Gasteiger partial charge in [-0.05, 0) is 51.3 Å². The Morgan fingerprint density at radius 3 is 2.77 bits per heavy atom. The lowest BCUT2D eigenvalue weighted by atomic mass is 10.0. The lowest BCUT2D eigenvalue weighted by Gasteiger charge is -2.21. The van der Waals surface area contributed by atoms with E-state index in [0.717, 1.165) is 40.1 Å². The summed E-state index contributed by atoms with van der Waals surface area (Å²) in [6.45, 7) is 6.15. The minimum atomic E-state index is -0.976. The fourth-order valence-corrected chi connectivity index (χ4v) is 4.85. The molecule has 2 aliphatic rings. The van der Waals surface area contributed by atoms with Crippen LogP contribution in [0.1, 0.15) is 51.1 Å². The van der Waals surface area contributed by atoms with Crippen molar-refractivity contribution in [2.24, 2.45) is 5.92 Å². The van der Waals surface area contributed by atoms with E-state index in [1.54, 1.807) is 20.0 Å². The van der Waals surface area contributed by atoms with Gasteiger partial charge in [0.1, 0.15) is 28.0 Å². The van der Waals surface area contributed by atoms with Crippen LogP contribution in [-0.2, 0) is 10.4 Å². The molecule has 2 aromatic heterocycles. The van der Waals surface area contributed by atoms with Crippen molar-refractivity contribution in [1.29, 1.82) is 0 Å². The number of imidazole rings is 1. The molecule has 0 bridgehead atoms. The molecule has 8 heteroatoms. The zero-order valence-electron chi connectivity index (χ0n) is 17.4. The second-order valence-electron chi connectivity index (χ2n) is 8.91. The van der Waals surface area contributed by atoms with E-state index in [4.69, 9.17) is 4.74 Å². The van der Waals surface area contributed by atoms with E-state index >= 15 is 0 Å². The third-order valence-corrected chi connectivity index (χ3v) is 7.23. The molecule has 0 radical (unpaired) electrons. The van der Waals surface area contributed by atoms with E-state index in [-0.39, 0.29) is 17.9 Å². The summed E-state index contributed by atoms with van der Waals surface area (Å²) in [7, 11) is 0. The molecule has 30 heavy (non-hydrogen) atoms. The second kappa shape index (κ2) is 7.06. The van der Waals surface area contributed by atoms with Crippen LogP contribution in [0.4, 0.5) is 0 Å². The number of nitrogens with one attached hydrogen (secondary N) is 1. The topological polar surface area (TPSA) is 89.3 Å². The number of benzene rings is 1. The Balaban J connectivity index is 1.55. The highest BCUT2D eigenvalue weighted by Gasteiger charge is 2.31. The number of aliphatic hydroxyl groups is 1. The Hall–Kier alpha value is -2.45. The van der Waals surface area contributed by atoms with Crippen LogP contribution in [0.15, 0.2) is 24.7 Å². The minimum absolute atomic E-state index is 0.0844. The molecule has 3 heterocycles. The molecule has 7 nitrogen and oxygen atoms in total. The minimum Gasteiger partial charge on any atom is -0.488 e. The molecule has 1 aliphatic carbocycles. The van der Waals surface area contributed by atoms with Crippen LogP contribution in [0.5, 0.6) is 5.75 Å². The molecule has 2 atom stereocenters. The van der Waals surface area contributed by atoms with Gasteiger partial charge < -0.3 is 19.7 Å². The first-order chi connectivity index (χ1) is 14.3. The maximum absolute atomic E-state index is 11.6. The first kappa shape index (κ1) is 19.5. The van der Waals surface area contributed by atoms with E-state index in [0.29, 0.717) is 24.0 Å². The summed E-state index contributed by atoms with van der Waals surface area (Å²) in [4.78, 5) is 21.7. The predicted molar refractivity (Wildman–Crippen MR) is 116 cm³/mol. The average Bonchev–Trinajstić information content (AvgIpc) is 3.10. The van der Waals surface area contributed by atoms with E-state index in [2.05, 4.69) is 25.9 Å². The SMILES string of the molecule is C[C@@H](Oc1cc(-c2cnc(C(C)(C)O)s2)cc2ncn(C3CC3)c12)[C@H]1CNC(=O)C1. The summed E-state index contributed by atoms with van der Waals surface area (Å²) in [5.41, 5.74) is 1.90.